The van der Waals surface area contributed by atoms with Crippen molar-refractivity contribution in [3.8, 4) is 0 Å². The van der Waals surface area contributed by atoms with E-state index in [1.807, 2.05) is 13.0 Å². The number of rotatable bonds is 1. The Morgan fingerprint density at radius 1 is 1.31 bits per heavy atom. The van der Waals surface area contributed by atoms with Crippen molar-refractivity contribution in [3.63, 3.8) is 0 Å². The van der Waals surface area contributed by atoms with Crippen LogP contribution in [-0.4, -0.2) is 9.97 Å². The third-order valence-corrected chi connectivity index (χ3v) is 2.08. The topological polar surface area (TPSA) is 38.9 Å². The van der Waals surface area contributed by atoms with Crippen LogP contribution in [0.5, 0.6) is 0 Å². The minimum Gasteiger partial charge on any atom is -0.457 e. The van der Waals surface area contributed by atoms with Gasteiger partial charge in [0.15, 0.2) is 5.58 Å². The van der Waals surface area contributed by atoms with E-state index in [1.165, 1.54) is 0 Å². The Balaban J connectivity index is 2.68. The highest BCUT2D eigenvalue weighted by molar-refractivity contribution is 5.75. The monoisotopic (exact) mass is 176 g/mol. The van der Waals surface area contributed by atoms with Crippen LogP contribution in [0.1, 0.15) is 31.2 Å². The summed E-state index contributed by atoms with van der Waals surface area (Å²) in [6.45, 7) is 6.12. The number of nitrogens with zero attached hydrogens (tertiary/aromatic N) is 2. The lowest BCUT2D eigenvalue weighted by Gasteiger charge is -1.96. The molecule has 2 aromatic rings. The zero-order chi connectivity index (χ0) is 9.42. The molecule has 0 fully saturated rings. The number of hydrogen-bond donors (Lipinski definition) is 0. The van der Waals surface area contributed by atoms with Crippen LogP contribution < -0.4 is 0 Å². The van der Waals surface area contributed by atoms with Crippen molar-refractivity contribution in [2.45, 2.75) is 26.7 Å². The second-order valence-corrected chi connectivity index (χ2v) is 3.48. The minimum absolute atomic E-state index is 0.397. The summed E-state index contributed by atoms with van der Waals surface area (Å²) in [5.41, 5.74) is 2.61. The zero-order valence-corrected chi connectivity index (χ0v) is 8.03. The first-order valence-electron chi connectivity index (χ1n) is 4.39. The van der Waals surface area contributed by atoms with Gasteiger partial charge in [-0.05, 0) is 6.92 Å². The van der Waals surface area contributed by atoms with Gasteiger partial charge in [0.1, 0.15) is 17.6 Å². The summed E-state index contributed by atoms with van der Waals surface area (Å²) in [6, 6.07) is 1.98. The largest absolute Gasteiger partial charge is 0.457 e. The van der Waals surface area contributed by atoms with Gasteiger partial charge < -0.3 is 4.42 Å². The van der Waals surface area contributed by atoms with E-state index in [0.29, 0.717) is 5.92 Å². The average Bonchev–Trinajstić information content (AvgIpc) is 2.49. The van der Waals surface area contributed by atoms with Gasteiger partial charge in [-0.1, -0.05) is 13.8 Å². The molecule has 0 saturated carbocycles. The molecule has 0 saturated heterocycles. The molecule has 0 N–H and O–H groups in total. The second-order valence-electron chi connectivity index (χ2n) is 3.48. The van der Waals surface area contributed by atoms with Gasteiger partial charge in [-0.15, -0.1) is 0 Å². The fourth-order valence-corrected chi connectivity index (χ4v) is 1.28. The summed E-state index contributed by atoms with van der Waals surface area (Å²) in [6.07, 6.45) is 1.57. The fraction of sp³-hybridized carbons (Fsp3) is 0.400. The van der Waals surface area contributed by atoms with Crippen LogP contribution >= 0.6 is 0 Å². The maximum atomic E-state index is 5.64. The number of furan rings is 1. The third-order valence-electron chi connectivity index (χ3n) is 2.08. The van der Waals surface area contributed by atoms with E-state index >= 15 is 0 Å². The normalized spacial score (nSPS) is 11.4. The van der Waals surface area contributed by atoms with Crippen LogP contribution in [0.25, 0.3) is 11.1 Å². The number of fused-ring (bicyclic) bond motifs is 1. The molecule has 0 atom stereocenters. The molecule has 0 aromatic carbocycles. The van der Waals surface area contributed by atoms with Crippen LogP contribution in [0.3, 0.4) is 0 Å². The van der Waals surface area contributed by atoms with Gasteiger partial charge in [0.25, 0.3) is 0 Å². The maximum Gasteiger partial charge on any atom is 0.173 e. The van der Waals surface area contributed by atoms with E-state index in [2.05, 4.69) is 23.8 Å². The first kappa shape index (κ1) is 8.23. The number of aromatic nitrogens is 2. The lowest BCUT2D eigenvalue weighted by molar-refractivity contribution is 0.518. The highest BCUT2D eigenvalue weighted by atomic mass is 16.3. The molecule has 0 bridgehead atoms. The van der Waals surface area contributed by atoms with Crippen LogP contribution in [0.15, 0.2) is 16.8 Å². The molecule has 2 heterocycles. The first-order chi connectivity index (χ1) is 6.18. The van der Waals surface area contributed by atoms with Crippen LogP contribution in [0, 0.1) is 6.92 Å². The van der Waals surface area contributed by atoms with E-state index in [9.17, 15) is 0 Å². The highest BCUT2D eigenvalue weighted by Gasteiger charge is 2.09. The van der Waals surface area contributed by atoms with Crippen molar-refractivity contribution >= 4 is 11.1 Å². The van der Waals surface area contributed by atoms with E-state index in [-0.39, 0.29) is 0 Å². The molecule has 0 spiro atoms. The smallest absolute Gasteiger partial charge is 0.173 e. The average molecular weight is 176 g/mol. The molecule has 2 aromatic heterocycles. The Hall–Kier alpha value is -1.38. The second kappa shape index (κ2) is 2.83. The Labute approximate surface area is 76.8 Å². The molecule has 2 rings (SSSR count). The number of hydrogen-bond acceptors (Lipinski definition) is 3. The van der Waals surface area contributed by atoms with Crippen LogP contribution in [0.4, 0.5) is 0 Å². The summed E-state index contributed by atoms with van der Waals surface area (Å²) < 4.78 is 5.64. The molecule has 0 aliphatic rings. The Morgan fingerprint density at radius 2 is 2.08 bits per heavy atom. The van der Waals surface area contributed by atoms with Gasteiger partial charge >= 0.3 is 0 Å². The molecule has 68 valence electrons. The third kappa shape index (κ3) is 1.30. The SMILES string of the molecule is Cc1ncnc2cc(C(C)C)oc12. The molecule has 0 aliphatic heterocycles. The van der Waals surface area contributed by atoms with Gasteiger partial charge in [-0.3, -0.25) is 0 Å². The zero-order valence-electron chi connectivity index (χ0n) is 8.03. The lowest BCUT2D eigenvalue weighted by Crippen LogP contribution is -1.81. The molecular weight excluding hydrogens is 164 g/mol. The summed E-state index contributed by atoms with van der Waals surface area (Å²) in [5, 5.41) is 0. The van der Waals surface area contributed by atoms with E-state index < -0.39 is 0 Å². The molecular formula is C10H12N2O. The van der Waals surface area contributed by atoms with Gasteiger partial charge in [-0.2, -0.15) is 0 Å². The summed E-state index contributed by atoms with van der Waals surface area (Å²) in [5.74, 6) is 1.37. The summed E-state index contributed by atoms with van der Waals surface area (Å²) >= 11 is 0. The minimum atomic E-state index is 0.397. The lowest BCUT2D eigenvalue weighted by atomic mass is 10.2. The van der Waals surface area contributed by atoms with Gasteiger partial charge in [0.2, 0.25) is 0 Å². The molecule has 3 heteroatoms. The summed E-state index contributed by atoms with van der Waals surface area (Å²) in [4.78, 5) is 8.22. The van der Waals surface area contributed by atoms with Crippen molar-refractivity contribution in [2.75, 3.05) is 0 Å². The maximum absolute atomic E-state index is 5.64. The van der Waals surface area contributed by atoms with E-state index in [0.717, 1.165) is 22.6 Å². The fourth-order valence-electron chi connectivity index (χ4n) is 1.28. The Morgan fingerprint density at radius 3 is 2.69 bits per heavy atom. The molecule has 0 radical (unpaired) electrons. The van der Waals surface area contributed by atoms with Crippen molar-refractivity contribution in [3.05, 3.63) is 23.8 Å². The van der Waals surface area contributed by atoms with Gasteiger partial charge in [0.05, 0.1) is 5.69 Å². The van der Waals surface area contributed by atoms with Crippen LogP contribution in [0.2, 0.25) is 0 Å². The van der Waals surface area contributed by atoms with Crippen molar-refractivity contribution in [1.82, 2.24) is 9.97 Å². The van der Waals surface area contributed by atoms with Crippen LogP contribution in [-0.2, 0) is 0 Å². The predicted molar refractivity (Wildman–Crippen MR) is 50.6 cm³/mol. The van der Waals surface area contributed by atoms with E-state index in [4.69, 9.17) is 4.42 Å². The van der Waals surface area contributed by atoms with Crippen molar-refractivity contribution in [1.29, 1.82) is 0 Å². The molecule has 0 aliphatic carbocycles. The summed E-state index contributed by atoms with van der Waals surface area (Å²) in [7, 11) is 0. The molecule has 0 amide bonds. The first-order valence-corrected chi connectivity index (χ1v) is 4.39. The Bertz CT molecular complexity index is 431. The molecule has 13 heavy (non-hydrogen) atoms. The molecule has 3 nitrogen and oxygen atoms in total. The standard InChI is InChI=1S/C10H12N2O/c1-6(2)9-4-8-10(13-9)7(3)11-5-12-8/h4-6H,1-3H3. The highest BCUT2D eigenvalue weighted by Crippen LogP contribution is 2.24. The van der Waals surface area contributed by atoms with Gasteiger partial charge in [-0.25, -0.2) is 9.97 Å². The Kier molecular flexibility index (Phi) is 1.79. The predicted octanol–water partition coefficient (Wildman–Crippen LogP) is 2.65. The van der Waals surface area contributed by atoms with Crippen molar-refractivity contribution in [2.24, 2.45) is 0 Å². The van der Waals surface area contributed by atoms with E-state index in [1.54, 1.807) is 6.33 Å². The quantitative estimate of drug-likeness (QED) is 0.670. The van der Waals surface area contributed by atoms with Gasteiger partial charge in [0, 0.05) is 12.0 Å². The molecule has 0 unspecified atom stereocenters. The van der Waals surface area contributed by atoms with Crippen molar-refractivity contribution < 1.29 is 4.42 Å². The number of aryl methyl sites for hydroxylation is 1.